The molecular formula is C14H29NO. The Morgan fingerprint density at radius 2 is 1.50 bits per heavy atom. The first-order valence-electron chi connectivity index (χ1n) is 6.37. The largest absolute Gasteiger partial charge is 0.356 e. The van der Waals surface area contributed by atoms with Gasteiger partial charge in [-0.1, -0.05) is 48.0 Å². The molecule has 0 aliphatic heterocycles. The summed E-state index contributed by atoms with van der Waals surface area (Å²) in [5.74, 6) is 0.198. The molecule has 1 amide bonds. The van der Waals surface area contributed by atoms with Crippen LogP contribution in [0.15, 0.2) is 0 Å². The van der Waals surface area contributed by atoms with Crippen molar-refractivity contribution in [1.82, 2.24) is 5.32 Å². The van der Waals surface area contributed by atoms with Crippen molar-refractivity contribution in [3.05, 3.63) is 0 Å². The molecule has 2 nitrogen and oxygen atoms in total. The first kappa shape index (κ1) is 15.5. The van der Waals surface area contributed by atoms with Crippen molar-refractivity contribution in [3.63, 3.8) is 0 Å². The van der Waals surface area contributed by atoms with Crippen molar-refractivity contribution < 1.29 is 4.79 Å². The summed E-state index contributed by atoms with van der Waals surface area (Å²) >= 11 is 0. The van der Waals surface area contributed by atoms with E-state index in [2.05, 4.69) is 46.9 Å². The fourth-order valence-corrected chi connectivity index (χ4v) is 1.39. The van der Waals surface area contributed by atoms with Crippen molar-refractivity contribution in [2.75, 3.05) is 6.54 Å². The number of nitrogens with one attached hydrogen (secondary N) is 1. The van der Waals surface area contributed by atoms with E-state index in [4.69, 9.17) is 0 Å². The highest BCUT2D eigenvalue weighted by molar-refractivity contribution is 5.75. The topological polar surface area (TPSA) is 29.1 Å². The van der Waals surface area contributed by atoms with E-state index >= 15 is 0 Å². The highest BCUT2D eigenvalue weighted by Crippen LogP contribution is 2.21. The normalized spacial score (nSPS) is 12.6. The molecule has 0 rings (SSSR count). The van der Waals surface area contributed by atoms with E-state index < -0.39 is 0 Å². The van der Waals surface area contributed by atoms with Crippen LogP contribution in [0.1, 0.15) is 67.2 Å². The van der Waals surface area contributed by atoms with Gasteiger partial charge in [0, 0.05) is 13.0 Å². The van der Waals surface area contributed by atoms with E-state index in [1.54, 1.807) is 0 Å². The summed E-state index contributed by atoms with van der Waals surface area (Å²) in [5, 5.41) is 2.98. The van der Waals surface area contributed by atoms with Gasteiger partial charge in [0.15, 0.2) is 0 Å². The van der Waals surface area contributed by atoms with E-state index in [1.165, 1.54) is 6.42 Å². The maximum absolute atomic E-state index is 11.5. The Bertz CT molecular complexity index is 208. The van der Waals surface area contributed by atoms with Crippen LogP contribution in [0.3, 0.4) is 0 Å². The SMILES string of the molecule is CC(C)(C)CCCCC(=O)NCC(C)(C)C. The average Bonchev–Trinajstić information content (AvgIpc) is 2.06. The minimum atomic E-state index is 0.182. The molecule has 0 atom stereocenters. The third kappa shape index (κ3) is 11.5. The van der Waals surface area contributed by atoms with Crippen LogP contribution in [0.25, 0.3) is 0 Å². The smallest absolute Gasteiger partial charge is 0.220 e. The predicted octanol–water partition coefficient (Wildman–Crippen LogP) is 3.76. The first-order chi connectivity index (χ1) is 7.10. The van der Waals surface area contributed by atoms with Crippen molar-refractivity contribution in [2.45, 2.75) is 67.2 Å². The van der Waals surface area contributed by atoms with E-state index in [0.29, 0.717) is 11.8 Å². The maximum Gasteiger partial charge on any atom is 0.220 e. The second-order valence-electron chi connectivity index (χ2n) is 7.11. The fraction of sp³-hybridized carbons (Fsp3) is 0.929. The molecule has 0 aliphatic rings. The van der Waals surface area contributed by atoms with Gasteiger partial charge in [-0.15, -0.1) is 0 Å². The molecule has 0 aromatic heterocycles. The van der Waals surface area contributed by atoms with Gasteiger partial charge in [-0.2, -0.15) is 0 Å². The van der Waals surface area contributed by atoms with Gasteiger partial charge in [-0.05, 0) is 23.7 Å². The van der Waals surface area contributed by atoms with Crippen LogP contribution in [-0.2, 0) is 4.79 Å². The number of hydrogen-bond donors (Lipinski definition) is 1. The van der Waals surface area contributed by atoms with Gasteiger partial charge in [0.2, 0.25) is 5.91 Å². The number of amides is 1. The van der Waals surface area contributed by atoms with Crippen molar-refractivity contribution in [3.8, 4) is 0 Å². The van der Waals surface area contributed by atoms with E-state index in [9.17, 15) is 4.79 Å². The molecule has 2 heteroatoms. The third-order valence-corrected chi connectivity index (χ3v) is 2.40. The predicted molar refractivity (Wildman–Crippen MR) is 70.4 cm³/mol. The van der Waals surface area contributed by atoms with Gasteiger partial charge < -0.3 is 5.32 Å². The molecule has 0 unspecified atom stereocenters. The monoisotopic (exact) mass is 227 g/mol. The van der Waals surface area contributed by atoms with E-state index in [0.717, 1.165) is 19.4 Å². The van der Waals surface area contributed by atoms with Crippen LogP contribution in [0.2, 0.25) is 0 Å². The number of carbonyl (C=O) groups excluding carboxylic acids is 1. The highest BCUT2D eigenvalue weighted by Gasteiger charge is 2.12. The van der Waals surface area contributed by atoms with Gasteiger partial charge >= 0.3 is 0 Å². The van der Waals surface area contributed by atoms with Gasteiger partial charge in [0.05, 0.1) is 0 Å². The van der Waals surface area contributed by atoms with Crippen molar-refractivity contribution >= 4 is 5.91 Å². The lowest BCUT2D eigenvalue weighted by Crippen LogP contribution is -2.32. The van der Waals surface area contributed by atoms with Gasteiger partial charge in [-0.3, -0.25) is 4.79 Å². The summed E-state index contributed by atoms with van der Waals surface area (Å²) in [6.45, 7) is 13.9. The highest BCUT2D eigenvalue weighted by atomic mass is 16.1. The van der Waals surface area contributed by atoms with Gasteiger partial charge in [0.25, 0.3) is 0 Å². The summed E-state index contributed by atoms with van der Waals surface area (Å²) in [5.41, 5.74) is 0.572. The zero-order valence-electron chi connectivity index (χ0n) is 11.9. The lowest BCUT2D eigenvalue weighted by Gasteiger charge is -2.19. The van der Waals surface area contributed by atoms with E-state index in [1.807, 2.05) is 0 Å². The molecule has 96 valence electrons. The van der Waals surface area contributed by atoms with Crippen LogP contribution in [-0.4, -0.2) is 12.5 Å². The summed E-state index contributed by atoms with van der Waals surface area (Å²) < 4.78 is 0. The molecule has 0 fully saturated rings. The first-order valence-corrected chi connectivity index (χ1v) is 6.37. The zero-order chi connectivity index (χ0) is 12.8. The Morgan fingerprint density at radius 1 is 0.938 bits per heavy atom. The maximum atomic E-state index is 11.5. The van der Waals surface area contributed by atoms with E-state index in [-0.39, 0.29) is 11.3 Å². The number of rotatable bonds is 5. The van der Waals surface area contributed by atoms with Crippen molar-refractivity contribution in [1.29, 1.82) is 0 Å². The summed E-state index contributed by atoms with van der Waals surface area (Å²) in [4.78, 5) is 11.5. The summed E-state index contributed by atoms with van der Waals surface area (Å²) in [6.07, 6.45) is 4.02. The summed E-state index contributed by atoms with van der Waals surface area (Å²) in [6, 6.07) is 0. The van der Waals surface area contributed by atoms with Gasteiger partial charge in [0.1, 0.15) is 0 Å². The molecule has 0 spiro atoms. The third-order valence-electron chi connectivity index (χ3n) is 2.40. The lowest BCUT2D eigenvalue weighted by atomic mass is 9.89. The van der Waals surface area contributed by atoms with Crippen LogP contribution in [0.4, 0.5) is 0 Å². The molecule has 0 aliphatic carbocycles. The van der Waals surface area contributed by atoms with Gasteiger partial charge in [-0.25, -0.2) is 0 Å². The molecule has 0 heterocycles. The molecule has 16 heavy (non-hydrogen) atoms. The average molecular weight is 227 g/mol. The lowest BCUT2D eigenvalue weighted by molar-refractivity contribution is -0.121. The molecule has 0 saturated heterocycles. The number of hydrogen-bond acceptors (Lipinski definition) is 1. The quantitative estimate of drug-likeness (QED) is 0.712. The molecular weight excluding hydrogens is 198 g/mol. The second kappa shape index (κ2) is 6.27. The molecule has 0 aromatic carbocycles. The number of carbonyl (C=O) groups is 1. The molecule has 0 radical (unpaired) electrons. The number of unbranched alkanes of at least 4 members (excludes halogenated alkanes) is 1. The van der Waals surface area contributed by atoms with Crippen LogP contribution in [0.5, 0.6) is 0 Å². The Balaban J connectivity index is 3.52. The Kier molecular flexibility index (Phi) is 6.06. The zero-order valence-corrected chi connectivity index (χ0v) is 11.9. The molecule has 0 bridgehead atoms. The Labute approximate surface area is 101 Å². The fourth-order valence-electron chi connectivity index (χ4n) is 1.39. The molecule has 0 saturated carbocycles. The Morgan fingerprint density at radius 3 is 1.94 bits per heavy atom. The van der Waals surface area contributed by atoms with Crippen molar-refractivity contribution in [2.24, 2.45) is 10.8 Å². The minimum absolute atomic E-state index is 0.182. The second-order valence-corrected chi connectivity index (χ2v) is 7.11. The standard InChI is InChI=1S/C14H29NO/c1-13(2,3)10-8-7-9-12(16)15-11-14(4,5)6/h7-11H2,1-6H3,(H,15,16). The van der Waals surface area contributed by atoms with Crippen LogP contribution in [0, 0.1) is 10.8 Å². The van der Waals surface area contributed by atoms with Crippen LogP contribution < -0.4 is 5.32 Å². The molecule has 1 N–H and O–H groups in total. The van der Waals surface area contributed by atoms with Crippen LogP contribution >= 0.6 is 0 Å². The minimum Gasteiger partial charge on any atom is -0.356 e. The molecule has 0 aromatic rings. The Hall–Kier alpha value is -0.530. The summed E-state index contributed by atoms with van der Waals surface area (Å²) in [7, 11) is 0.